The van der Waals surface area contributed by atoms with E-state index in [1.54, 1.807) is 6.20 Å². The van der Waals surface area contributed by atoms with E-state index in [0.29, 0.717) is 37.6 Å². The molecule has 0 spiro atoms. The molecule has 200 valence electrons. The number of carbonyl (C=O) groups excluding carboxylic acids is 2. The molecule has 4 rings (SSSR count). The first-order valence-corrected chi connectivity index (χ1v) is 14.3. The van der Waals surface area contributed by atoms with Crippen LogP contribution < -0.4 is 5.32 Å². The number of hydrogen-bond acceptors (Lipinski definition) is 10. The van der Waals surface area contributed by atoms with Crippen LogP contribution in [0.3, 0.4) is 0 Å². The number of nitrogens with one attached hydrogen (secondary N) is 1. The van der Waals surface area contributed by atoms with Crippen LogP contribution in [0.4, 0.5) is 5.13 Å². The van der Waals surface area contributed by atoms with E-state index < -0.39 is 15.7 Å². The molecule has 0 radical (unpaired) electrons. The zero-order valence-corrected chi connectivity index (χ0v) is 22.6. The number of nitrogens with zero attached hydrogens (tertiary/aromatic N) is 4. The Morgan fingerprint density at radius 1 is 1.19 bits per heavy atom. The standard InChI is InChI=1S/C24H31N5O6S2/c1-15-11-28(12-16(2)29(15)21(30)14-35-3)13-18-10-25-24(36-18)26-23(31)22(27-32)17-4-6-19(7-5-17)37(33,34)20-8-9-20/h4-7,10,15-16,20,32H,8-9,11-14H2,1-3H3,(H,25,26,31)/b27-22+/t15-,16+. The summed E-state index contributed by atoms with van der Waals surface area (Å²) in [6.45, 7) is 6.11. The summed E-state index contributed by atoms with van der Waals surface area (Å²) < 4.78 is 29.8. The zero-order valence-electron chi connectivity index (χ0n) is 21.0. The fourth-order valence-electron chi connectivity index (χ4n) is 4.67. The Labute approximate surface area is 220 Å². The van der Waals surface area contributed by atoms with Gasteiger partial charge in [0.05, 0.1) is 10.1 Å². The molecule has 13 heteroatoms. The van der Waals surface area contributed by atoms with Crippen molar-refractivity contribution in [2.45, 2.75) is 55.5 Å². The van der Waals surface area contributed by atoms with Gasteiger partial charge in [0.25, 0.3) is 5.91 Å². The molecule has 1 saturated carbocycles. The summed E-state index contributed by atoms with van der Waals surface area (Å²) in [6, 6.07) is 5.83. The van der Waals surface area contributed by atoms with Crippen LogP contribution in [-0.4, -0.2) is 90.1 Å². The number of benzene rings is 1. The maximum atomic E-state index is 12.8. The first-order chi connectivity index (χ1) is 17.6. The number of sulfone groups is 1. The lowest BCUT2D eigenvalue weighted by atomic mass is 10.1. The lowest BCUT2D eigenvalue weighted by Gasteiger charge is -2.44. The van der Waals surface area contributed by atoms with Crippen molar-refractivity contribution in [2.24, 2.45) is 5.16 Å². The van der Waals surface area contributed by atoms with Crippen molar-refractivity contribution in [1.29, 1.82) is 0 Å². The third-order valence-electron chi connectivity index (χ3n) is 6.44. The van der Waals surface area contributed by atoms with Gasteiger partial charge < -0.3 is 14.8 Å². The van der Waals surface area contributed by atoms with Gasteiger partial charge in [-0.25, -0.2) is 13.4 Å². The van der Waals surface area contributed by atoms with Crippen molar-refractivity contribution in [3.8, 4) is 0 Å². The Morgan fingerprint density at radius 2 is 1.84 bits per heavy atom. The van der Waals surface area contributed by atoms with E-state index in [-0.39, 0.29) is 46.0 Å². The van der Waals surface area contributed by atoms with E-state index in [2.05, 4.69) is 20.4 Å². The van der Waals surface area contributed by atoms with Crippen molar-refractivity contribution in [3.63, 3.8) is 0 Å². The van der Waals surface area contributed by atoms with Gasteiger partial charge >= 0.3 is 0 Å². The monoisotopic (exact) mass is 549 g/mol. The summed E-state index contributed by atoms with van der Waals surface area (Å²) in [6.07, 6.45) is 3.01. The lowest BCUT2D eigenvalue weighted by molar-refractivity contribution is -0.143. The highest BCUT2D eigenvalue weighted by atomic mass is 32.2. The molecule has 1 saturated heterocycles. The van der Waals surface area contributed by atoms with E-state index in [1.807, 2.05) is 18.7 Å². The van der Waals surface area contributed by atoms with Crippen molar-refractivity contribution < 1.29 is 28.0 Å². The Kier molecular flexibility index (Phi) is 8.26. The van der Waals surface area contributed by atoms with Gasteiger partial charge in [0, 0.05) is 55.5 Å². The average Bonchev–Trinajstić information content (AvgIpc) is 3.62. The molecule has 0 unspecified atom stereocenters. The third kappa shape index (κ3) is 6.17. The fraction of sp³-hybridized carbons (Fsp3) is 0.500. The Bertz CT molecular complexity index is 1260. The number of amides is 2. The number of methoxy groups -OCH3 is 1. The molecular weight excluding hydrogens is 518 g/mol. The van der Waals surface area contributed by atoms with Crippen LogP contribution >= 0.6 is 11.3 Å². The SMILES string of the molecule is COCC(=O)N1[C@H](C)CN(Cc2cnc(NC(=O)/C(=N/O)c3ccc(S(=O)(=O)C4CC4)cc3)s2)C[C@@H]1C. The minimum Gasteiger partial charge on any atom is -0.410 e. The number of hydrogen-bond donors (Lipinski definition) is 2. The number of piperazine rings is 1. The molecule has 2 N–H and O–H groups in total. The Hall–Kier alpha value is -2.87. The predicted molar refractivity (Wildman–Crippen MR) is 139 cm³/mol. The Morgan fingerprint density at radius 3 is 2.41 bits per heavy atom. The van der Waals surface area contributed by atoms with Gasteiger partial charge in [-0.15, -0.1) is 11.3 Å². The highest BCUT2D eigenvalue weighted by molar-refractivity contribution is 7.92. The molecule has 2 fully saturated rings. The number of thiazole rings is 1. The first kappa shape index (κ1) is 27.2. The molecule has 1 aromatic carbocycles. The molecule has 37 heavy (non-hydrogen) atoms. The van der Waals surface area contributed by atoms with Crippen LogP contribution in [0.2, 0.25) is 0 Å². The van der Waals surface area contributed by atoms with Crippen LogP contribution in [0.5, 0.6) is 0 Å². The molecule has 0 bridgehead atoms. The van der Waals surface area contributed by atoms with Gasteiger partial charge in [-0.05, 0) is 38.8 Å². The minimum atomic E-state index is -3.35. The number of ether oxygens (including phenoxy) is 1. The van der Waals surface area contributed by atoms with E-state index in [4.69, 9.17) is 4.74 Å². The number of rotatable bonds is 9. The van der Waals surface area contributed by atoms with E-state index in [0.717, 1.165) is 4.88 Å². The second-order valence-corrected chi connectivity index (χ2v) is 12.8. The van der Waals surface area contributed by atoms with Crippen molar-refractivity contribution in [2.75, 3.05) is 32.1 Å². The average molecular weight is 550 g/mol. The Balaban J connectivity index is 1.36. The van der Waals surface area contributed by atoms with Crippen molar-refractivity contribution in [1.82, 2.24) is 14.8 Å². The molecule has 1 aromatic heterocycles. The summed E-state index contributed by atoms with van der Waals surface area (Å²) in [5, 5.41) is 15.3. The summed E-state index contributed by atoms with van der Waals surface area (Å²) >= 11 is 1.31. The molecule has 1 aliphatic heterocycles. The molecule has 2 amide bonds. The van der Waals surface area contributed by atoms with Crippen LogP contribution in [0, 0.1) is 0 Å². The zero-order chi connectivity index (χ0) is 26.7. The van der Waals surface area contributed by atoms with Gasteiger partial charge in [-0.1, -0.05) is 17.3 Å². The lowest BCUT2D eigenvalue weighted by Crippen LogP contribution is -2.58. The molecule has 2 aliphatic rings. The fourth-order valence-corrected chi connectivity index (χ4v) is 7.18. The molecule has 2 atom stereocenters. The normalized spacial score (nSPS) is 21.2. The highest BCUT2D eigenvalue weighted by Crippen LogP contribution is 2.33. The van der Waals surface area contributed by atoms with Gasteiger partial charge in [-0.3, -0.25) is 19.8 Å². The van der Waals surface area contributed by atoms with E-state index in [1.165, 1.54) is 42.7 Å². The maximum absolute atomic E-state index is 12.8. The van der Waals surface area contributed by atoms with Gasteiger partial charge in [0.15, 0.2) is 20.7 Å². The smallest absolute Gasteiger partial charge is 0.280 e. The second kappa shape index (κ2) is 11.3. The minimum absolute atomic E-state index is 0.0227. The van der Waals surface area contributed by atoms with E-state index >= 15 is 0 Å². The van der Waals surface area contributed by atoms with Crippen LogP contribution in [-0.2, 0) is 30.7 Å². The molecule has 11 nitrogen and oxygen atoms in total. The van der Waals surface area contributed by atoms with Crippen LogP contribution in [0.25, 0.3) is 0 Å². The van der Waals surface area contributed by atoms with Gasteiger partial charge in [0.2, 0.25) is 5.91 Å². The topological polar surface area (TPSA) is 142 Å². The summed E-state index contributed by atoms with van der Waals surface area (Å²) in [4.78, 5) is 34.6. The molecular formula is C24H31N5O6S2. The first-order valence-electron chi connectivity index (χ1n) is 12.0. The number of oxime groups is 1. The van der Waals surface area contributed by atoms with Crippen LogP contribution in [0.15, 0.2) is 40.5 Å². The second-order valence-electron chi connectivity index (χ2n) is 9.43. The number of anilines is 1. The third-order valence-corrected chi connectivity index (χ3v) is 9.61. The number of aromatic nitrogens is 1. The van der Waals surface area contributed by atoms with Gasteiger partial charge in [0.1, 0.15) is 6.61 Å². The number of carbonyl (C=O) groups is 2. The summed E-state index contributed by atoms with van der Waals surface area (Å²) in [7, 11) is -1.84. The largest absolute Gasteiger partial charge is 0.410 e. The molecule has 2 aromatic rings. The van der Waals surface area contributed by atoms with Crippen molar-refractivity contribution in [3.05, 3.63) is 40.9 Å². The quantitative estimate of drug-likeness (QED) is 0.275. The highest BCUT2D eigenvalue weighted by Gasteiger charge is 2.37. The van der Waals surface area contributed by atoms with Crippen LogP contribution in [0.1, 0.15) is 37.1 Å². The molecule has 1 aliphatic carbocycles. The molecule has 2 heterocycles. The summed E-state index contributed by atoms with van der Waals surface area (Å²) in [5.41, 5.74) is 0.0435. The van der Waals surface area contributed by atoms with Crippen molar-refractivity contribution >= 4 is 43.8 Å². The van der Waals surface area contributed by atoms with E-state index in [9.17, 15) is 23.2 Å². The maximum Gasteiger partial charge on any atom is 0.280 e. The summed E-state index contributed by atoms with van der Waals surface area (Å²) in [5.74, 6) is -0.681. The predicted octanol–water partition coefficient (Wildman–Crippen LogP) is 1.96. The van der Waals surface area contributed by atoms with Gasteiger partial charge in [-0.2, -0.15) is 0 Å².